The maximum absolute atomic E-state index is 12.6. The Morgan fingerprint density at radius 1 is 1.32 bits per heavy atom. The Balaban J connectivity index is 1.68. The van der Waals surface area contributed by atoms with Crippen molar-refractivity contribution in [3.8, 4) is 0 Å². The molecular weight excluding hydrogens is 306 g/mol. The number of hydrogen-bond donors (Lipinski definition) is 0. The third-order valence-electron chi connectivity index (χ3n) is 4.34. The molecule has 1 aromatic rings. The highest BCUT2D eigenvalue weighted by molar-refractivity contribution is 7.89. The summed E-state index contributed by atoms with van der Waals surface area (Å²) >= 11 is 0. The molecule has 0 radical (unpaired) electrons. The molecule has 22 heavy (non-hydrogen) atoms. The van der Waals surface area contributed by atoms with Crippen LogP contribution in [0.4, 0.5) is 0 Å². The van der Waals surface area contributed by atoms with Crippen LogP contribution in [0.1, 0.15) is 25.3 Å². The fraction of sp³-hybridized carbons (Fsp3) is 0.786. The fourth-order valence-corrected chi connectivity index (χ4v) is 4.17. The zero-order chi connectivity index (χ0) is 15.6. The van der Waals surface area contributed by atoms with Gasteiger partial charge in [0.15, 0.2) is 0 Å². The van der Waals surface area contributed by atoms with Crippen LogP contribution in [0.5, 0.6) is 0 Å². The molecule has 2 saturated heterocycles. The van der Waals surface area contributed by atoms with E-state index in [9.17, 15) is 8.42 Å². The van der Waals surface area contributed by atoms with Crippen molar-refractivity contribution >= 4 is 10.0 Å². The summed E-state index contributed by atoms with van der Waals surface area (Å²) in [6, 6.07) is 0.140. The predicted molar refractivity (Wildman–Crippen MR) is 80.1 cm³/mol. The van der Waals surface area contributed by atoms with E-state index in [0.29, 0.717) is 26.4 Å². The van der Waals surface area contributed by atoms with Gasteiger partial charge in [0.05, 0.1) is 25.5 Å². The lowest BCUT2D eigenvalue weighted by Gasteiger charge is -2.26. The van der Waals surface area contributed by atoms with Gasteiger partial charge >= 0.3 is 0 Å². The van der Waals surface area contributed by atoms with Crippen molar-refractivity contribution in [1.29, 1.82) is 0 Å². The van der Waals surface area contributed by atoms with Gasteiger partial charge in [0, 0.05) is 33.0 Å². The molecule has 2 aliphatic rings. The molecular formula is C14H23N3O4S. The molecule has 0 saturated carbocycles. The van der Waals surface area contributed by atoms with Crippen molar-refractivity contribution in [2.24, 2.45) is 5.92 Å². The molecule has 1 aromatic heterocycles. The highest BCUT2D eigenvalue weighted by Gasteiger charge is 2.27. The minimum absolute atomic E-state index is 0.140. The summed E-state index contributed by atoms with van der Waals surface area (Å²) in [4.78, 5) is 0.249. The van der Waals surface area contributed by atoms with E-state index in [2.05, 4.69) is 5.10 Å². The van der Waals surface area contributed by atoms with Gasteiger partial charge in [-0.1, -0.05) is 0 Å². The first-order valence-electron chi connectivity index (χ1n) is 7.73. The summed E-state index contributed by atoms with van der Waals surface area (Å²) in [5.41, 5.74) is 0. The summed E-state index contributed by atoms with van der Waals surface area (Å²) in [6.07, 6.45) is 5.93. The number of aromatic nitrogens is 2. The van der Waals surface area contributed by atoms with Gasteiger partial charge in [-0.2, -0.15) is 5.10 Å². The largest absolute Gasteiger partial charge is 0.381 e. The highest BCUT2D eigenvalue weighted by atomic mass is 32.2. The van der Waals surface area contributed by atoms with Crippen molar-refractivity contribution in [3.05, 3.63) is 12.4 Å². The molecule has 2 unspecified atom stereocenters. The van der Waals surface area contributed by atoms with Crippen LogP contribution in [0, 0.1) is 5.92 Å². The highest BCUT2D eigenvalue weighted by Crippen LogP contribution is 2.22. The molecule has 2 aliphatic heterocycles. The number of rotatable bonds is 5. The summed E-state index contributed by atoms with van der Waals surface area (Å²) in [5.74, 6) is 0.270. The Hall–Kier alpha value is -0.960. The molecule has 2 atom stereocenters. The number of sulfonamides is 1. The molecule has 8 heteroatoms. The molecule has 0 aromatic carbocycles. The molecule has 0 bridgehead atoms. The molecule has 3 rings (SSSR count). The maximum Gasteiger partial charge on any atom is 0.245 e. The Labute approximate surface area is 131 Å². The topological polar surface area (TPSA) is 73.7 Å². The first-order valence-corrected chi connectivity index (χ1v) is 9.17. The van der Waals surface area contributed by atoms with Gasteiger partial charge < -0.3 is 9.47 Å². The number of hydrogen-bond acceptors (Lipinski definition) is 5. The third-order valence-corrected chi connectivity index (χ3v) is 6.11. The fourth-order valence-electron chi connectivity index (χ4n) is 2.98. The van der Waals surface area contributed by atoms with Crippen LogP contribution in [-0.4, -0.2) is 62.5 Å². The minimum atomic E-state index is -3.49. The van der Waals surface area contributed by atoms with Crippen LogP contribution in [-0.2, 0) is 19.5 Å². The van der Waals surface area contributed by atoms with Crippen LogP contribution in [0.15, 0.2) is 17.3 Å². The molecule has 0 spiro atoms. The first kappa shape index (κ1) is 15.9. The van der Waals surface area contributed by atoms with E-state index in [1.54, 1.807) is 17.9 Å². The van der Waals surface area contributed by atoms with Crippen LogP contribution >= 0.6 is 0 Å². The molecule has 124 valence electrons. The monoisotopic (exact) mass is 329 g/mol. The van der Waals surface area contributed by atoms with Crippen LogP contribution in [0.3, 0.4) is 0 Å². The molecule has 0 amide bonds. The van der Waals surface area contributed by atoms with E-state index in [-0.39, 0.29) is 16.9 Å². The molecule has 7 nitrogen and oxygen atoms in total. The summed E-state index contributed by atoms with van der Waals surface area (Å²) in [6.45, 7) is 3.20. The second kappa shape index (κ2) is 6.66. The third kappa shape index (κ3) is 3.34. The van der Waals surface area contributed by atoms with Crippen LogP contribution < -0.4 is 0 Å². The van der Waals surface area contributed by atoms with Crippen LogP contribution in [0.2, 0.25) is 0 Å². The van der Waals surface area contributed by atoms with Crippen LogP contribution in [0.25, 0.3) is 0 Å². The van der Waals surface area contributed by atoms with E-state index in [1.165, 1.54) is 10.5 Å². The lowest BCUT2D eigenvalue weighted by atomic mass is 10.0. The number of nitrogens with zero attached hydrogens (tertiary/aromatic N) is 3. The van der Waals surface area contributed by atoms with E-state index < -0.39 is 10.0 Å². The van der Waals surface area contributed by atoms with Gasteiger partial charge in [0.1, 0.15) is 4.90 Å². The van der Waals surface area contributed by atoms with Gasteiger partial charge in [-0.15, -0.1) is 0 Å². The van der Waals surface area contributed by atoms with E-state index >= 15 is 0 Å². The standard InChI is InChI=1S/C14H23N3O4S/c1-16(8-12-3-2-5-20-10-12)22(18,19)14-7-15-17(9-14)13-4-6-21-11-13/h7,9,12-13H,2-6,8,10-11H2,1H3. The number of ether oxygens (including phenoxy) is 2. The summed E-state index contributed by atoms with van der Waals surface area (Å²) in [5, 5.41) is 4.20. The second-order valence-corrected chi connectivity index (χ2v) is 8.09. The van der Waals surface area contributed by atoms with E-state index in [4.69, 9.17) is 9.47 Å². The minimum Gasteiger partial charge on any atom is -0.381 e. The summed E-state index contributed by atoms with van der Waals surface area (Å²) in [7, 11) is -1.87. The van der Waals surface area contributed by atoms with Gasteiger partial charge in [-0.3, -0.25) is 4.68 Å². The zero-order valence-electron chi connectivity index (χ0n) is 12.8. The van der Waals surface area contributed by atoms with Crippen molar-refractivity contribution in [3.63, 3.8) is 0 Å². The predicted octanol–water partition coefficient (Wildman–Crippen LogP) is 0.892. The Morgan fingerprint density at radius 3 is 2.82 bits per heavy atom. The Bertz CT molecular complexity index is 589. The van der Waals surface area contributed by atoms with Gasteiger partial charge in [0.25, 0.3) is 0 Å². The molecule has 0 N–H and O–H groups in total. The van der Waals surface area contributed by atoms with Gasteiger partial charge in [-0.25, -0.2) is 12.7 Å². The van der Waals surface area contributed by atoms with Gasteiger partial charge in [0.2, 0.25) is 10.0 Å². The lowest BCUT2D eigenvalue weighted by molar-refractivity contribution is 0.0495. The van der Waals surface area contributed by atoms with Crippen molar-refractivity contribution in [2.45, 2.75) is 30.2 Å². The van der Waals surface area contributed by atoms with E-state index in [1.807, 2.05) is 0 Å². The van der Waals surface area contributed by atoms with Gasteiger partial charge in [-0.05, 0) is 25.2 Å². The average Bonchev–Trinajstić information content (AvgIpc) is 3.19. The van der Waals surface area contributed by atoms with E-state index in [0.717, 1.165) is 25.9 Å². The van der Waals surface area contributed by atoms with Crippen molar-refractivity contribution < 1.29 is 17.9 Å². The Morgan fingerprint density at radius 2 is 2.14 bits per heavy atom. The second-order valence-electron chi connectivity index (χ2n) is 6.04. The molecule has 3 heterocycles. The quantitative estimate of drug-likeness (QED) is 0.802. The zero-order valence-corrected chi connectivity index (χ0v) is 13.7. The first-order chi connectivity index (χ1) is 10.6. The average molecular weight is 329 g/mol. The van der Waals surface area contributed by atoms with Crippen molar-refractivity contribution in [2.75, 3.05) is 40.0 Å². The maximum atomic E-state index is 12.6. The smallest absolute Gasteiger partial charge is 0.245 e. The molecule has 2 fully saturated rings. The summed E-state index contributed by atoms with van der Waals surface area (Å²) < 4.78 is 39.1. The Kier molecular flexibility index (Phi) is 4.82. The molecule has 0 aliphatic carbocycles. The SMILES string of the molecule is CN(CC1CCCOC1)S(=O)(=O)c1cnn(C2CCOC2)c1. The lowest BCUT2D eigenvalue weighted by Crippen LogP contribution is -2.35. The normalized spacial score (nSPS) is 26.6. The van der Waals surface area contributed by atoms with Crippen molar-refractivity contribution in [1.82, 2.24) is 14.1 Å².